The molecule has 0 bridgehead atoms. The van der Waals surface area contributed by atoms with Crippen molar-refractivity contribution in [1.29, 1.82) is 0 Å². The fourth-order valence-corrected chi connectivity index (χ4v) is 4.35. The number of allylic oxidation sites excluding steroid dienone is 2. The number of Topliss-reactive ketones (excluding diaryl/α,β-unsaturated/α-hetero) is 1. The molecule has 2 aromatic heterocycles. The van der Waals surface area contributed by atoms with E-state index in [2.05, 4.69) is 15.5 Å². The molecule has 2 aliphatic rings. The number of aromatic nitrogens is 2. The maximum atomic E-state index is 12.5. The highest BCUT2D eigenvalue weighted by Gasteiger charge is 2.38. The summed E-state index contributed by atoms with van der Waals surface area (Å²) in [6.45, 7) is 2.03. The number of hydrogen-bond acceptors (Lipinski definition) is 4. The van der Waals surface area contributed by atoms with Crippen molar-refractivity contribution in [3.05, 3.63) is 49.1 Å². The third kappa shape index (κ3) is 1.75. The molecule has 0 spiro atoms. The Labute approximate surface area is 125 Å². The molecule has 3 N–H and O–H groups in total. The van der Waals surface area contributed by atoms with Gasteiger partial charge in [0, 0.05) is 22.6 Å². The van der Waals surface area contributed by atoms with E-state index in [4.69, 9.17) is 0 Å². The van der Waals surface area contributed by atoms with Crippen molar-refractivity contribution in [2.24, 2.45) is 0 Å². The first-order chi connectivity index (χ1) is 10.2. The summed E-state index contributed by atoms with van der Waals surface area (Å²) in [6, 6.07) is 2.04. The van der Waals surface area contributed by atoms with E-state index in [9.17, 15) is 9.59 Å². The van der Waals surface area contributed by atoms with Crippen molar-refractivity contribution < 1.29 is 4.79 Å². The van der Waals surface area contributed by atoms with Gasteiger partial charge in [0.15, 0.2) is 5.78 Å². The minimum Gasteiger partial charge on any atom is -0.343 e. The topological polar surface area (TPSA) is 77.8 Å². The zero-order valence-electron chi connectivity index (χ0n) is 11.6. The second kappa shape index (κ2) is 4.46. The van der Waals surface area contributed by atoms with Gasteiger partial charge in [0.1, 0.15) is 5.82 Å². The molecule has 0 aromatic carbocycles. The summed E-state index contributed by atoms with van der Waals surface area (Å²) in [7, 11) is 0. The van der Waals surface area contributed by atoms with Crippen LogP contribution >= 0.6 is 11.3 Å². The van der Waals surface area contributed by atoms with Crippen LogP contribution in [0.5, 0.6) is 0 Å². The van der Waals surface area contributed by atoms with Crippen LogP contribution in [0.25, 0.3) is 0 Å². The normalized spacial score (nSPS) is 21.0. The number of carbonyl (C=O) groups excluding carboxylic acids is 1. The van der Waals surface area contributed by atoms with Gasteiger partial charge in [-0.1, -0.05) is 0 Å². The minimum atomic E-state index is -0.237. The predicted molar refractivity (Wildman–Crippen MR) is 81.8 cm³/mol. The summed E-state index contributed by atoms with van der Waals surface area (Å²) in [5, 5.41) is 10.8. The van der Waals surface area contributed by atoms with Crippen molar-refractivity contribution in [3.63, 3.8) is 0 Å². The Morgan fingerprint density at radius 1 is 1.24 bits per heavy atom. The van der Waals surface area contributed by atoms with E-state index in [1.54, 1.807) is 11.3 Å². The molecule has 0 saturated heterocycles. The summed E-state index contributed by atoms with van der Waals surface area (Å²) >= 11 is 1.61. The molecule has 6 heteroatoms. The van der Waals surface area contributed by atoms with Crippen LogP contribution in [0.4, 0.5) is 5.82 Å². The fourth-order valence-electron chi connectivity index (χ4n) is 3.31. The Morgan fingerprint density at radius 2 is 2.10 bits per heavy atom. The minimum absolute atomic E-state index is 0.153. The van der Waals surface area contributed by atoms with Gasteiger partial charge in [0.25, 0.3) is 5.56 Å². The first-order valence-corrected chi connectivity index (χ1v) is 7.92. The third-order valence-electron chi connectivity index (χ3n) is 4.29. The molecule has 0 amide bonds. The standard InChI is InChI=1S/C15H15N3O2S/c1-7-5-6-21-13(7)11-10-8(3-2-4-9(10)19)16-14-12(11)15(20)18-17-14/h5-6,11H,2-4H2,1H3,(H3,16,17,18,20)/t11-/m1/s1. The first kappa shape index (κ1) is 12.6. The number of ketones is 1. The van der Waals surface area contributed by atoms with Gasteiger partial charge in [-0.05, 0) is 36.8 Å². The van der Waals surface area contributed by atoms with Crippen LogP contribution < -0.4 is 10.9 Å². The number of H-pyrrole nitrogens is 2. The van der Waals surface area contributed by atoms with Gasteiger partial charge in [0.05, 0.1) is 11.5 Å². The van der Waals surface area contributed by atoms with E-state index in [-0.39, 0.29) is 17.3 Å². The maximum Gasteiger partial charge on any atom is 0.270 e. The highest BCUT2D eigenvalue weighted by atomic mass is 32.1. The zero-order chi connectivity index (χ0) is 14.6. The van der Waals surface area contributed by atoms with Gasteiger partial charge in [0.2, 0.25) is 0 Å². The van der Waals surface area contributed by atoms with Gasteiger partial charge in [-0.25, -0.2) is 0 Å². The van der Waals surface area contributed by atoms with Crippen molar-refractivity contribution in [1.82, 2.24) is 10.2 Å². The van der Waals surface area contributed by atoms with E-state index >= 15 is 0 Å². The molecular weight excluding hydrogens is 286 g/mol. The molecule has 0 radical (unpaired) electrons. The highest BCUT2D eigenvalue weighted by molar-refractivity contribution is 7.10. The number of aryl methyl sites for hydroxylation is 1. The molecular formula is C15H15N3O2S. The summed E-state index contributed by atoms with van der Waals surface area (Å²) in [5.41, 5.74) is 3.36. The highest BCUT2D eigenvalue weighted by Crippen LogP contribution is 2.45. The SMILES string of the molecule is Cc1ccsc1[C@@H]1C2=C(CCCC2=O)Nc2[nH][nH]c(=O)c21. The number of hydrogen-bond donors (Lipinski definition) is 3. The summed E-state index contributed by atoms with van der Waals surface area (Å²) < 4.78 is 0. The largest absolute Gasteiger partial charge is 0.343 e. The van der Waals surface area contributed by atoms with Crippen LogP contribution in [-0.4, -0.2) is 16.0 Å². The van der Waals surface area contributed by atoms with Gasteiger partial charge in [-0.2, -0.15) is 0 Å². The lowest BCUT2D eigenvalue weighted by Gasteiger charge is -2.30. The van der Waals surface area contributed by atoms with Gasteiger partial charge in [-0.15, -0.1) is 11.3 Å². The lowest BCUT2D eigenvalue weighted by molar-refractivity contribution is -0.116. The van der Waals surface area contributed by atoms with Crippen molar-refractivity contribution in [2.45, 2.75) is 32.1 Å². The summed E-state index contributed by atoms with van der Waals surface area (Å²) in [4.78, 5) is 25.8. The fraction of sp³-hybridized carbons (Fsp3) is 0.333. The van der Waals surface area contributed by atoms with Crippen LogP contribution in [0.1, 0.15) is 41.2 Å². The first-order valence-electron chi connectivity index (χ1n) is 7.04. The molecule has 1 atom stereocenters. The lowest BCUT2D eigenvalue weighted by atomic mass is 9.79. The van der Waals surface area contributed by atoms with Crippen LogP contribution in [0.3, 0.4) is 0 Å². The third-order valence-corrected chi connectivity index (χ3v) is 5.37. The number of carbonyl (C=O) groups is 1. The number of nitrogens with one attached hydrogen (secondary N) is 3. The molecule has 0 unspecified atom stereocenters. The number of thiophene rings is 1. The second-order valence-corrected chi connectivity index (χ2v) is 6.51. The lowest BCUT2D eigenvalue weighted by Crippen LogP contribution is -2.29. The molecule has 108 valence electrons. The van der Waals surface area contributed by atoms with Crippen molar-refractivity contribution in [2.75, 3.05) is 5.32 Å². The average Bonchev–Trinajstić information content (AvgIpc) is 3.04. The van der Waals surface area contributed by atoms with Crippen LogP contribution in [0.2, 0.25) is 0 Å². The number of rotatable bonds is 1. The Kier molecular flexibility index (Phi) is 2.68. The predicted octanol–water partition coefficient (Wildman–Crippen LogP) is 2.64. The quantitative estimate of drug-likeness (QED) is 0.757. The molecule has 2 aromatic rings. The number of fused-ring (bicyclic) bond motifs is 1. The maximum absolute atomic E-state index is 12.5. The average molecular weight is 301 g/mol. The van der Waals surface area contributed by atoms with Crippen molar-refractivity contribution in [3.8, 4) is 0 Å². The summed E-state index contributed by atoms with van der Waals surface area (Å²) in [5.74, 6) is 0.623. The van der Waals surface area contributed by atoms with Gasteiger partial charge >= 0.3 is 0 Å². The molecule has 5 nitrogen and oxygen atoms in total. The molecule has 0 fully saturated rings. The smallest absolute Gasteiger partial charge is 0.270 e. The number of anilines is 1. The van der Waals surface area contributed by atoms with E-state index in [0.717, 1.165) is 34.6 Å². The molecule has 21 heavy (non-hydrogen) atoms. The van der Waals surface area contributed by atoms with Crippen LogP contribution in [-0.2, 0) is 4.79 Å². The van der Waals surface area contributed by atoms with Gasteiger partial charge in [-0.3, -0.25) is 19.8 Å². The van der Waals surface area contributed by atoms with E-state index < -0.39 is 0 Å². The monoisotopic (exact) mass is 301 g/mol. The molecule has 1 aliphatic heterocycles. The Balaban J connectivity index is 2.00. The van der Waals surface area contributed by atoms with Crippen molar-refractivity contribution >= 4 is 22.9 Å². The zero-order valence-corrected chi connectivity index (χ0v) is 12.4. The molecule has 3 heterocycles. The number of aromatic amines is 2. The second-order valence-electron chi connectivity index (χ2n) is 5.56. The molecule has 4 rings (SSSR count). The Hall–Kier alpha value is -2.08. The van der Waals surface area contributed by atoms with E-state index in [1.807, 2.05) is 18.4 Å². The molecule has 1 aliphatic carbocycles. The van der Waals surface area contributed by atoms with E-state index in [0.29, 0.717) is 17.8 Å². The van der Waals surface area contributed by atoms with Crippen LogP contribution in [0, 0.1) is 6.92 Å². The van der Waals surface area contributed by atoms with Crippen LogP contribution in [0.15, 0.2) is 27.5 Å². The Morgan fingerprint density at radius 3 is 2.86 bits per heavy atom. The Bertz CT molecular complexity index is 824. The van der Waals surface area contributed by atoms with Gasteiger partial charge < -0.3 is 5.32 Å². The molecule has 0 saturated carbocycles. The summed E-state index contributed by atoms with van der Waals surface area (Å²) in [6.07, 6.45) is 2.29. The van der Waals surface area contributed by atoms with E-state index in [1.165, 1.54) is 0 Å².